The largest absolute Gasteiger partial charge is 0.480 e. The molecule has 1 aliphatic heterocycles. The highest BCUT2D eigenvalue weighted by atomic mass is 16.4. The number of amides is 1. The van der Waals surface area contributed by atoms with Crippen molar-refractivity contribution in [3.05, 3.63) is 29.8 Å². The van der Waals surface area contributed by atoms with Crippen molar-refractivity contribution in [1.82, 2.24) is 5.43 Å². The van der Waals surface area contributed by atoms with Crippen molar-refractivity contribution in [1.29, 1.82) is 0 Å². The number of para-hydroxylation sites is 1. The zero-order valence-electron chi connectivity index (χ0n) is 9.80. The number of rotatable bonds is 4. The second kappa shape index (κ2) is 5.05. The third-order valence-electron chi connectivity index (χ3n) is 2.86. The molecule has 1 amide bonds. The second-order valence-corrected chi connectivity index (χ2v) is 4.21. The number of hydrogen-bond acceptors (Lipinski definition) is 4. The van der Waals surface area contributed by atoms with Crippen LogP contribution >= 0.6 is 0 Å². The van der Waals surface area contributed by atoms with Gasteiger partial charge in [0.2, 0.25) is 5.91 Å². The maximum Gasteiger partial charge on any atom is 0.320 e. The zero-order chi connectivity index (χ0) is 13.1. The fraction of sp³-hybridized carbons (Fsp3) is 0.333. The van der Waals surface area contributed by atoms with E-state index in [0.29, 0.717) is 13.0 Å². The van der Waals surface area contributed by atoms with Gasteiger partial charge in [-0.1, -0.05) is 18.2 Å². The van der Waals surface area contributed by atoms with Crippen LogP contribution in [0.15, 0.2) is 24.3 Å². The molecule has 1 saturated heterocycles. The van der Waals surface area contributed by atoms with E-state index in [9.17, 15) is 9.59 Å². The summed E-state index contributed by atoms with van der Waals surface area (Å²) in [4.78, 5) is 22.0. The summed E-state index contributed by atoms with van der Waals surface area (Å²) in [5, 5.41) is 10.6. The molecule has 0 aromatic heterocycles. The number of nitrogens with one attached hydrogen (secondary N) is 1. The molecule has 1 aliphatic rings. The molecule has 0 radical (unpaired) electrons. The summed E-state index contributed by atoms with van der Waals surface area (Å²) in [5.74, 6) is -1.07. The van der Waals surface area contributed by atoms with E-state index in [2.05, 4.69) is 5.43 Å². The zero-order valence-corrected chi connectivity index (χ0v) is 9.80. The maximum absolute atomic E-state index is 11.2. The molecule has 4 N–H and O–H groups in total. The number of carboxylic acid groups (broad SMARTS) is 1. The first-order valence-electron chi connectivity index (χ1n) is 5.71. The lowest BCUT2D eigenvalue weighted by Gasteiger charge is -2.21. The average Bonchev–Trinajstić information content (AvgIpc) is 2.76. The molecular formula is C12H15N3O3. The van der Waals surface area contributed by atoms with Crippen molar-refractivity contribution < 1.29 is 14.7 Å². The molecular weight excluding hydrogens is 234 g/mol. The number of aliphatic carboxylic acids is 1. The van der Waals surface area contributed by atoms with Gasteiger partial charge >= 0.3 is 5.97 Å². The number of carbonyl (C=O) groups excluding carboxylic acids is 1. The van der Waals surface area contributed by atoms with Crippen molar-refractivity contribution in [2.45, 2.75) is 18.9 Å². The number of nitrogens with two attached hydrogens (primary N) is 1. The summed E-state index contributed by atoms with van der Waals surface area (Å²) < 4.78 is 0. The van der Waals surface area contributed by atoms with E-state index in [-0.39, 0.29) is 12.3 Å². The van der Waals surface area contributed by atoms with Crippen molar-refractivity contribution in [3.63, 3.8) is 0 Å². The van der Waals surface area contributed by atoms with Gasteiger partial charge in [0, 0.05) is 19.4 Å². The summed E-state index contributed by atoms with van der Waals surface area (Å²) in [6.45, 7) is 0.582. The quantitative estimate of drug-likeness (QED) is 0.691. The lowest BCUT2D eigenvalue weighted by Crippen LogP contribution is -2.36. The Hall–Kier alpha value is -2.08. The van der Waals surface area contributed by atoms with Crippen LogP contribution in [-0.4, -0.2) is 29.6 Å². The molecule has 0 spiro atoms. The van der Waals surface area contributed by atoms with Crippen LogP contribution in [0.2, 0.25) is 0 Å². The van der Waals surface area contributed by atoms with Crippen molar-refractivity contribution >= 4 is 17.6 Å². The van der Waals surface area contributed by atoms with Crippen LogP contribution in [0, 0.1) is 0 Å². The smallest absolute Gasteiger partial charge is 0.320 e. The summed E-state index contributed by atoms with van der Waals surface area (Å²) in [7, 11) is 0. The number of anilines is 1. The van der Waals surface area contributed by atoms with Gasteiger partial charge in [-0.15, -0.1) is 0 Å². The van der Waals surface area contributed by atoms with E-state index in [1.165, 1.54) is 0 Å². The molecule has 0 aliphatic carbocycles. The summed E-state index contributed by atoms with van der Waals surface area (Å²) >= 11 is 0. The predicted octanol–water partition coefficient (Wildman–Crippen LogP) is -0.118. The maximum atomic E-state index is 11.2. The Labute approximate surface area is 104 Å². The van der Waals surface area contributed by atoms with Crippen LogP contribution in [0.5, 0.6) is 0 Å². The van der Waals surface area contributed by atoms with Crippen LogP contribution in [0.3, 0.4) is 0 Å². The highest BCUT2D eigenvalue weighted by Crippen LogP contribution is 2.22. The number of hydrogen-bond donors (Lipinski definition) is 3. The molecule has 1 aromatic rings. The molecule has 0 bridgehead atoms. The lowest BCUT2D eigenvalue weighted by atomic mass is 10.0. The molecule has 6 nitrogen and oxygen atoms in total. The first-order chi connectivity index (χ1) is 8.58. The minimum Gasteiger partial charge on any atom is -0.480 e. The topological polar surface area (TPSA) is 95.7 Å². The molecule has 1 unspecified atom stereocenters. The monoisotopic (exact) mass is 249 g/mol. The van der Waals surface area contributed by atoms with Gasteiger partial charge in [0.1, 0.15) is 6.04 Å². The summed E-state index contributed by atoms with van der Waals surface area (Å²) in [6.07, 6.45) is 0.678. The van der Waals surface area contributed by atoms with Crippen LogP contribution in [0.25, 0.3) is 0 Å². The molecule has 1 atom stereocenters. The minimum absolute atomic E-state index is 0.0349. The molecule has 0 saturated carbocycles. The van der Waals surface area contributed by atoms with Gasteiger partial charge in [-0.05, 0) is 11.6 Å². The third kappa shape index (κ3) is 2.60. The minimum atomic E-state index is -1.03. The molecule has 1 heterocycles. The van der Waals surface area contributed by atoms with Gasteiger partial charge in [-0.25, -0.2) is 0 Å². The Kier molecular flexibility index (Phi) is 3.47. The number of benzene rings is 1. The van der Waals surface area contributed by atoms with Gasteiger partial charge < -0.3 is 10.8 Å². The SMILES string of the molecule is NC(Cc1ccccc1N1CCC(=O)N1)C(=O)O. The molecule has 96 valence electrons. The first kappa shape index (κ1) is 12.4. The molecule has 18 heavy (non-hydrogen) atoms. The second-order valence-electron chi connectivity index (χ2n) is 4.21. The summed E-state index contributed by atoms with van der Waals surface area (Å²) in [5.41, 5.74) is 9.88. The van der Waals surface area contributed by atoms with Crippen LogP contribution in [0.4, 0.5) is 5.69 Å². The van der Waals surface area contributed by atoms with E-state index in [4.69, 9.17) is 10.8 Å². The molecule has 2 rings (SSSR count). The number of carbonyl (C=O) groups is 2. The van der Waals surface area contributed by atoms with Gasteiger partial charge in [0.25, 0.3) is 0 Å². The Balaban J connectivity index is 2.20. The van der Waals surface area contributed by atoms with E-state index in [1.807, 2.05) is 24.3 Å². The predicted molar refractivity (Wildman–Crippen MR) is 65.9 cm³/mol. The fourth-order valence-electron chi connectivity index (χ4n) is 1.93. The van der Waals surface area contributed by atoms with Crippen molar-refractivity contribution in [2.75, 3.05) is 11.6 Å². The van der Waals surface area contributed by atoms with Crippen LogP contribution in [0.1, 0.15) is 12.0 Å². The van der Waals surface area contributed by atoms with Gasteiger partial charge in [0.05, 0.1) is 5.69 Å². The highest BCUT2D eigenvalue weighted by Gasteiger charge is 2.22. The Morgan fingerprint density at radius 1 is 1.50 bits per heavy atom. The Bertz CT molecular complexity index is 475. The van der Waals surface area contributed by atoms with E-state index < -0.39 is 12.0 Å². The molecule has 1 aromatic carbocycles. The van der Waals surface area contributed by atoms with Gasteiger partial charge in [-0.3, -0.25) is 20.0 Å². The highest BCUT2D eigenvalue weighted by molar-refractivity contribution is 5.82. The van der Waals surface area contributed by atoms with Gasteiger partial charge in [0.15, 0.2) is 0 Å². The number of hydrazine groups is 1. The van der Waals surface area contributed by atoms with Crippen molar-refractivity contribution in [2.24, 2.45) is 5.73 Å². The first-order valence-corrected chi connectivity index (χ1v) is 5.71. The lowest BCUT2D eigenvalue weighted by molar-refractivity contribution is -0.138. The van der Waals surface area contributed by atoms with Crippen LogP contribution < -0.4 is 16.2 Å². The van der Waals surface area contributed by atoms with E-state index >= 15 is 0 Å². The van der Waals surface area contributed by atoms with Gasteiger partial charge in [-0.2, -0.15) is 0 Å². The average molecular weight is 249 g/mol. The Morgan fingerprint density at radius 3 is 2.83 bits per heavy atom. The Morgan fingerprint density at radius 2 is 2.22 bits per heavy atom. The summed E-state index contributed by atoms with van der Waals surface area (Å²) in [6, 6.07) is 6.39. The third-order valence-corrected chi connectivity index (χ3v) is 2.86. The normalized spacial score (nSPS) is 16.5. The molecule has 6 heteroatoms. The number of carboxylic acids is 1. The van der Waals surface area contributed by atoms with Crippen molar-refractivity contribution in [3.8, 4) is 0 Å². The molecule has 1 fully saturated rings. The standard InChI is InChI=1S/C12H15N3O3/c13-9(12(17)18)7-8-3-1-2-4-10(8)15-6-5-11(16)14-15/h1-4,9H,5-7,13H2,(H,14,16)(H,17,18). The van der Waals surface area contributed by atoms with E-state index in [0.717, 1.165) is 11.3 Å². The van der Waals surface area contributed by atoms with E-state index in [1.54, 1.807) is 5.01 Å². The number of nitrogens with zero attached hydrogens (tertiary/aromatic N) is 1. The fourth-order valence-corrected chi connectivity index (χ4v) is 1.93. The van der Waals surface area contributed by atoms with Crippen LogP contribution in [-0.2, 0) is 16.0 Å².